The number of benzene rings is 2. The number of piperidine rings is 1. The molecular weight excluding hydrogens is 422 g/mol. The second kappa shape index (κ2) is 9.93. The Morgan fingerprint density at radius 1 is 0.935 bits per heavy atom. The molecular formula is C22H25NO7S. The molecule has 1 aliphatic heterocycles. The normalized spacial score (nSPS) is 14.6. The average Bonchev–Trinajstić information content (AvgIpc) is 2.82. The summed E-state index contributed by atoms with van der Waals surface area (Å²) in [7, 11) is -0.648. The molecule has 2 aromatic carbocycles. The Balaban J connectivity index is 1.64. The van der Waals surface area contributed by atoms with E-state index in [9.17, 15) is 18.0 Å². The topological polar surface area (TPSA) is 99.2 Å². The number of carbonyl (C=O) groups excluding carboxylic acids is 2. The summed E-state index contributed by atoms with van der Waals surface area (Å²) in [5.41, 5.74) is 0.422. The minimum atomic E-state index is -3.58. The molecule has 0 bridgehead atoms. The van der Waals surface area contributed by atoms with Crippen molar-refractivity contribution in [2.75, 3.05) is 33.9 Å². The van der Waals surface area contributed by atoms with Gasteiger partial charge in [-0.25, -0.2) is 13.2 Å². The van der Waals surface area contributed by atoms with E-state index in [1.54, 1.807) is 12.1 Å². The molecule has 1 heterocycles. The number of carbonyl (C=O) groups is 2. The zero-order chi connectivity index (χ0) is 22.4. The van der Waals surface area contributed by atoms with Crippen LogP contribution in [0.4, 0.5) is 0 Å². The average molecular weight is 448 g/mol. The Labute approximate surface area is 181 Å². The van der Waals surface area contributed by atoms with Gasteiger partial charge >= 0.3 is 5.97 Å². The fraction of sp³-hybridized carbons (Fsp3) is 0.364. The van der Waals surface area contributed by atoms with Gasteiger partial charge in [-0.1, -0.05) is 6.42 Å². The molecule has 0 spiro atoms. The van der Waals surface area contributed by atoms with Crippen LogP contribution in [0.15, 0.2) is 47.4 Å². The summed E-state index contributed by atoms with van der Waals surface area (Å²) in [6.45, 7) is 0.529. The summed E-state index contributed by atoms with van der Waals surface area (Å²) in [6, 6.07) is 10.3. The number of esters is 1. The highest BCUT2D eigenvalue weighted by atomic mass is 32.2. The van der Waals surface area contributed by atoms with Crippen molar-refractivity contribution in [3.05, 3.63) is 53.6 Å². The largest absolute Gasteiger partial charge is 0.497 e. The Bertz CT molecular complexity index is 1040. The summed E-state index contributed by atoms with van der Waals surface area (Å²) < 4.78 is 42.2. The summed E-state index contributed by atoms with van der Waals surface area (Å²) >= 11 is 0. The van der Waals surface area contributed by atoms with Gasteiger partial charge in [0, 0.05) is 19.2 Å². The molecule has 31 heavy (non-hydrogen) atoms. The predicted molar refractivity (Wildman–Crippen MR) is 113 cm³/mol. The van der Waals surface area contributed by atoms with Gasteiger partial charge in [0.05, 0.1) is 30.2 Å². The van der Waals surface area contributed by atoms with Gasteiger partial charge in [0.25, 0.3) is 0 Å². The van der Waals surface area contributed by atoms with Gasteiger partial charge in [-0.05, 0) is 49.2 Å². The van der Waals surface area contributed by atoms with Crippen LogP contribution in [0, 0.1) is 0 Å². The number of ether oxygens (including phenoxy) is 3. The van der Waals surface area contributed by atoms with Crippen molar-refractivity contribution in [1.82, 2.24) is 4.31 Å². The van der Waals surface area contributed by atoms with E-state index in [-0.39, 0.29) is 16.0 Å². The minimum Gasteiger partial charge on any atom is -0.497 e. The monoisotopic (exact) mass is 447 g/mol. The van der Waals surface area contributed by atoms with E-state index in [0.717, 1.165) is 19.3 Å². The Morgan fingerprint density at radius 3 is 2.23 bits per heavy atom. The number of hydrogen-bond acceptors (Lipinski definition) is 7. The number of ketones is 1. The van der Waals surface area contributed by atoms with Crippen LogP contribution in [-0.2, 0) is 14.8 Å². The lowest BCUT2D eigenvalue weighted by Crippen LogP contribution is -2.35. The molecule has 2 aromatic rings. The first kappa shape index (κ1) is 22.8. The van der Waals surface area contributed by atoms with Gasteiger partial charge in [0.2, 0.25) is 15.8 Å². The second-order valence-electron chi connectivity index (χ2n) is 7.05. The van der Waals surface area contributed by atoms with Gasteiger partial charge in [-0.15, -0.1) is 0 Å². The number of hydrogen-bond donors (Lipinski definition) is 0. The van der Waals surface area contributed by atoms with Crippen molar-refractivity contribution in [1.29, 1.82) is 0 Å². The van der Waals surface area contributed by atoms with Gasteiger partial charge in [0.15, 0.2) is 6.61 Å². The van der Waals surface area contributed by atoms with Crippen LogP contribution in [0.2, 0.25) is 0 Å². The number of methoxy groups -OCH3 is 2. The molecule has 1 aliphatic rings. The maximum atomic E-state index is 12.7. The summed E-state index contributed by atoms with van der Waals surface area (Å²) in [6.07, 6.45) is 2.71. The molecule has 0 N–H and O–H groups in total. The zero-order valence-electron chi connectivity index (χ0n) is 17.5. The third kappa shape index (κ3) is 5.23. The fourth-order valence-electron chi connectivity index (χ4n) is 3.34. The van der Waals surface area contributed by atoms with Crippen LogP contribution in [0.5, 0.6) is 11.5 Å². The molecule has 8 nitrogen and oxygen atoms in total. The van der Waals surface area contributed by atoms with Crippen LogP contribution in [-0.4, -0.2) is 58.4 Å². The van der Waals surface area contributed by atoms with Crippen LogP contribution in [0.1, 0.15) is 40.0 Å². The fourth-order valence-corrected chi connectivity index (χ4v) is 4.86. The van der Waals surface area contributed by atoms with Crippen molar-refractivity contribution < 1.29 is 32.2 Å². The summed E-state index contributed by atoms with van der Waals surface area (Å²) in [5.74, 6) is -0.308. The SMILES string of the molecule is COc1ccc(C(=O)COC(=O)c2ccc(S(=O)(=O)N3CCCCC3)cc2)c(OC)c1. The molecule has 0 atom stereocenters. The van der Waals surface area contributed by atoms with Crippen molar-refractivity contribution in [3.63, 3.8) is 0 Å². The quantitative estimate of drug-likeness (QED) is 0.453. The molecule has 0 amide bonds. The highest BCUT2D eigenvalue weighted by molar-refractivity contribution is 7.89. The van der Waals surface area contributed by atoms with Crippen molar-refractivity contribution in [3.8, 4) is 11.5 Å². The summed E-state index contributed by atoms with van der Waals surface area (Å²) in [5, 5.41) is 0. The molecule has 166 valence electrons. The van der Waals surface area contributed by atoms with E-state index in [2.05, 4.69) is 0 Å². The van der Waals surface area contributed by atoms with E-state index in [1.807, 2.05) is 0 Å². The van der Waals surface area contributed by atoms with Crippen molar-refractivity contribution in [2.45, 2.75) is 24.2 Å². The highest BCUT2D eigenvalue weighted by Gasteiger charge is 2.26. The van der Waals surface area contributed by atoms with E-state index in [0.29, 0.717) is 24.6 Å². The second-order valence-corrected chi connectivity index (χ2v) is 8.99. The number of rotatable bonds is 8. The standard InChI is InChI=1S/C22H25NO7S/c1-28-17-8-11-19(21(14-17)29-2)20(24)15-30-22(25)16-6-9-18(10-7-16)31(26,27)23-12-4-3-5-13-23/h6-11,14H,3-5,12-13,15H2,1-2H3. The van der Waals surface area contributed by atoms with Crippen molar-refractivity contribution >= 4 is 21.8 Å². The Kier molecular flexibility index (Phi) is 7.29. The third-order valence-corrected chi connectivity index (χ3v) is 7.00. The van der Waals surface area contributed by atoms with Gasteiger partial charge in [0.1, 0.15) is 11.5 Å². The number of nitrogens with zero attached hydrogens (tertiary/aromatic N) is 1. The van der Waals surface area contributed by atoms with Crippen molar-refractivity contribution in [2.24, 2.45) is 0 Å². The lowest BCUT2D eigenvalue weighted by atomic mass is 10.1. The van der Waals surface area contributed by atoms with Crippen LogP contribution in [0.25, 0.3) is 0 Å². The minimum absolute atomic E-state index is 0.130. The predicted octanol–water partition coefficient (Wildman–Crippen LogP) is 2.92. The maximum absolute atomic E-state index is 12.7. The number of Topliss-reactive ketones (excluding diaryl/α,β-unsaturated/α-hetero) is 1. The Hall–Kier alpha value is -2.91. The molecule has 0 saturated carbocycles. The molecule has 1 saturated heterocycles. The molecule has 0 unspecified atom stereocenters. The molecule has 1 fully saturated rings. The van der Waals surface area contributed by atoms with E-state index < -0.39 is 28.4 Å². The molecule has 0 aromatic heterocycles. The zero-order valence-corrected chi connectivity index (χ0v) is 18.3. The first-order valence-electron chi connectivity index (χ1n) is 9.89. The van der Waals surface area contributed by atoms with Crippen LogP contribution in [0.3, 0.4) is 0 Å². The van der Waals surface area contributed by atoms with Crippen LogP contribution >= 0.6 is 0 Å². The van der Waals surface area contributed by atoms with Gasteiger partial charge < -0.3 is 14.2 Å². The summed E-state index contributed by atoms with van der Waals surface area (Å²) in [4.78, 5) is 24.9. The lowest BCUT2D eigenvalue weighted by molar-refractivity contribution is 0.0474. The molecule has 0 radical (unpaired) electrons. The molecule has 3 rings (SSSR count). The van der Waals surface area contributed by atoms with E-state index in [1.165, 1.54) is 48.9 Å². The van der Waals surface area contributed by atoms with Gasteiger partial charge in [-0.2, -0.15) is 4.31 Å². The maximum Gasteiger partial charge on any atom is 0.338 e. The smallest absolute Gasteiger partial charge is 0.338 e. The van der Waals surface area contributed by atoms with E-state index >= 15 is 0 Å². The van der Waals surface area contributed by atoms with Gasteiger partial charge in [-0.3, -0.25) is 4.79 Å². The first-order valence-corrected chi connectivity index (χ1v) is 11.3. The lowest BCUT2D eigenvalue weighted by Gasteiger charge is -2.25. The molecule has 0 aliphatic carbocycles. The van der Waals surface area contributed by atoms with E-state index in [4.69, 9.17) is 14.2 Å². The number of sulfonamides is 1. The third-order valence-electron chi connectivity index (χ3n) is 5.09. The Morgan fingerprint density at radius 2 is 1.61 bits per heavy atom. The highest BCUT2D eigenvalue weighted by Crippen LogP contribution is 2.25. The first-order chi connectivity index (χ1) is 14.9. The van der Waals surface area contributed by atoms with Crippen LogP contribution < -0.4 is 9.47 Å². The molecule has 9 heteroatoms.